The van der Waals surface area contributed by atoms with E-state index in [4.69, 9.17) is 5.73 Å². The highest BCUT2D eigenvalue weighted by molar-refractivity contribution is 8.06. The van der Waals surface area contributed by atoms with Crippen molar-refractivity contribution in [2.75, 3.05) is 36.9 Å². The van der Waals surface area contributed by atoms with E-state index in [9.17, 15) is 8.42 Å². The SMILES string of the molecule is NCC1CCCCN1S(=O)(=O)NCC1CSCCS1. The zero-order valence-electron chi connectivity index (χ0n) is 11.1. The minimum atomic E-state index is -3.36. The smallest absolute Gasteiger partial charge is 0.279 e. The van der Waals surface area contributed by atoms with Gasteiger partial charge in [0.15, 0.2) is 0 Å². The number of piperidine rings is 1. The lowest BCUT2D eigenvalue weighted by Gasteiger charge is -2.34. The zero-order chi connectivity index (χ0) is 13.7. The quantitative estimate of drug-likeness (QED) is 0.769. The monoisotopic (exact) mass is 325 g/mol. The zero-order valence-corrected chi connectivity index (χ0v) is 13.5. The number of rotatable bonds is 5. The number of hydrogen-bond donors (Lipinski definition) is 2. The van der Waals surface area contributed by atoms with Crippen molar-refractivity contribution in [3.8, 4) is 0 Å². The molecule has 0 radical (unpaired) electrons. The van der Waals surface area contributed by atoms with E-state index in [1.807, 2.05) is 23.5 Å². The summed E-state index contributed by atoms with van der Waals surface area (Å²) in [7, 11) is -3.36. The summed E-state index contributed by atoms with van der Waals surface area (Å²) >= 11 is 3.77. The number of thioether (sulfide) groups is 2. The van der Waals surface area contributed by atoms with Crippen molar-refractivity contribution in [3.05, 3.63) is 0 Å². The Balaban J connectivity index is 1.89. The minimum absolute atomic E-state index is 0.0281. The summed E-state index contributed by atoms with van der Waals surface area (Å²) in [5, 5.41) is 0.398. The van der Waals surface area contributed by atoms with Gasteiger partial charge in [-0.1, -0.05) is 6.42 Å². The Morgan fingerprint density at radius 2 is 2.16 bits per heavy atom. The molecule has 0 saturated carbocycles. The molecule has 0 aliphatic carbocycles. The molecule has 8 heteroatoms. The molecule has 0 aromatic carbocycles. The molecule has 0 aromatic heterocycles. The Hall–Kier alpha value is 0.530. The van der Waals surface area contributed by atoms with E-state index >= 15 is 0 Å². The Bertz CT molecular complexity index is 371. The van der Waals surface area contributed by atoms with Gasteiger partial charge in [-0.3, -0.25) is 0 Å². The average Bonchev–Trinajstić information content (AvgIpc) is 2.46. The molecule has 2 aliphatic rings. The Morgan fingerprint density at radius 3 is 2.84 bits per heavy atom. The number of nitrogens with two attached hydrogens (primary N) is 1. The van der Waals surface area contributed by atoms with Crippen LogP contribution in [0.2, 0.25) is 0 Å². The number of hydrogen-bond acceptors (Lipinski definition) is 5. The highest BCUT2D eigenvalue weighted by Crippen LogP contribution is 2.24. The van der Waals surface area contributed by atoms with Crippen LogP contribution in [0.3, 0.4) is 0 Å². The Labute approximate surface area is 124 Å². The molecule has 2 rings (SSSR count). The van der Waals surface area contributed by atoms with Crippen molar-refractivity contribution >= 4 is 33.7 Å². The van der Waals surface area contributed by atoms with E-state index < -0.39 is 10.2 Å². The maximum Gasteiger partial charge on any atom is 0.279 e. The third-order valence-corrected chi connectivity index (χ3v) is 8.01. The van der Waals surface area contributed by atoms with E-state index in [-0.39, 0.29) is 6.04 Å². The fourth-order valence-corrected chi connectivity index (χ4v) is 6.71. The standard InChI is InChI=1S/C11H23N3O2S3/c12-7-10-3-1-2-4-14(10)19(15,16)13-8-11-9-17-5-6-18-11/h10-11,13H,1-9,12H2. The van der Waals surface area contributed by atoms with Gasteiger partial charge < -0.3 is 5.73 Å². The number of nitrogens with zero attached hydrogens (tertiary/aromatic N) is 1. The lowest BCUT2D eigenvalue weighted by molar-refractivity contribution is 0.254. The van der Waals surface area contributed by atoms with Crippen LogP contribution < -0.4 is 10.5 Å². The van der Waals surface area contributed by atoms with Gasteiger partial charge in [0, 0.05) is 48.2 Å². The van der Waals surface area contributed by atoms with Crippen LogP contribution in [0, 0.1) is 0 Å². The first kappa shape index (κ1) is 15.9. The molecule has 0 spiro atoms. The van der Waals surface area contributed by atoms with E-state index in [1.54, 1.807) is 4.31 Å². The second-order valence-electron chi connectivity index (χ2n) is 4.92. The molecule has 2 fully saturated rings. The molecule has 5 nitrogen and oxygen atoms in total. The van der Waals surface area contributed by atoms with Gasteiger partial charge in [0.25, 0.3) is 10.2 Å². The molecule has 0 bridgehead atoms. The first-order chi connectivity index (χ1) is 9.13. The lowest BCUT2D eigenvalue weighted by atomic mass is 10.1. The summed E-state index contributed by atoms with van der Waals surface area (Å²) in [5.74, 6) is 3.33. The van der Waals surface area contributed by atoms with Gasteiger partial charge in [0.2, 0.25) is 0 Å². The molecule has 2 saturated heterocycles. The summed E-state index contributed by atoms with van der Waals surface area (Å²) in [5.41, 5.74) is 5.69. The van der Waals surface area contributed by atoms with Crippen LogP contribution >= 0.6 is 23.5 Å². The summed E-state index contributed by atoms with van der Waals surface area (Å²) in [6.45, 7) is 1.55. The van der Waals surface area contributed by atoms with Crippen LogP contribution in [-0.2, 0) is 10.2 Å². The molecule has 0 aromatic rings. The average molecular weight is 326 g/mol. The molecule has 2 heterocycles. The molecule has 3 N–H and O–H groups in total. The van der Waals surface area contributed by atoms with Crippen molar-refractivity contribution in [2.45, 2.75) is 30.6 Å². The van der Waals surface area contributed by atoms with Gasteiger partial charge in [-0.25, -0.2) is 4.72 Å². The van der Waals surface area contributed by atoms with Crippen LogP contribution in [0.15, 0.2) is 0 Å². The van der Waals surface area contributed by atoms with Crippen LogP contribution in [0.4, 0.5) is 0 Å². The van der Waals surface area contributed by atoms with Crippen LogP contribution in [-0.4, -0.2) is 60.9 Å². The molecular weight excluding hydrogens is 302 g/mol. The summed E-state index contributed by atoms with van der Waals surface area (Å²) in [4.78, 5) is 0. The topological polar surface area (TPSA) is 75.4 Å². The summed E-state index contributed by atoms with van der Waals surface area (Å²) < 4.78 is 29.0. The van der Waals surface area contributed by atoms with E-state index in [2.05, 4.69) is 4.72 Å². The van der Waals surface area contributed by atoms with Gasteiger partial charge in [0.05, 0.1) is 0 Å². The van der Waals surface area contributed by atoms with E-state index in [1.165, 1.54) is 5.75 Å². The van der Waals surface area contributed by atoms with Gasteiger partial charge in [0.1, 0.15) is 0 Å². The summed E-state index contributed by atoms with van der Waals surface area (Å²) in [6, 6.07) is -0.0281. The van der Waals surface area contributed by atoms with Crippen LogP contribution in [0.5, 0.6) is 0 Å². The van der Waals surface area contributed by atoms with Crippen molar-refractivity contribution in [1.82, 2.24) is 9.03 Å². The first-order valence-corrected chi connectivity index (χ1v) is 10.4. The predicted octanol–water partition coefficient (Wildman–Crippen LogP) is 0.483. The van der Waals surface area contributed by atoms with Gasteiger partial charge >= 0.3 is 0 Å². The van der Waals surface area contributed by atoms with E-state index in [0.717, 1.165) is 30.8 Å². The van der Waals surface area contributed by atoms with Crippen LogP contribution in [0.1, 0.15) is 19.3 Å². The maximum absolute atomic E-state index is 12.3. The second kappa shape index (κ2) is 7.51. The van der Waals surface area contributed by atoms with Gasteiger partial charge in [-0.15, -0.1) is 0 Å². The molecule has 112 valence electrons. The molecule has 0 amide bonds. The fourth-order valence-electron chi connectivity index (χ4n) is 2.46. The minimum Gasteiger partial charge on any atom is -0.329 e. The molecular formula is C11H23N3O2S3. The van der Waals surface area contributed by atoms with Crippen LogP contribution in [0.25, 0.3) is 0 Å². The summed E-state index contributed by atoms with van der Waals surface area (Å²) in [6.07, 6.45) is 2.89. The maximum atomic E-state index is 12.3. The largest absolute Gasteiger partial charge is 0.329 e. The Morgan fingerprint density at radius 1 is 1.32 bits per heavy atom. The van der Waals surface area contributed by atoms with Gasteiger partial charge in [-0.05, 0) is 12.8 Å². The van der Waals surface area contributed by atoms with Crippen molar-refractivity contribution < 1.29 is 8.42 Å². The first-order valence-electron chi connectivity index (χ1n) is 6.79. The fraction of sp³-hybridized carbons (Fsp3) is 1.00. The highest BCUT2D eigenvalue weighted by atomic mass is 32.2. The normalized spacial score (nSPS) is 30.4. The molecule has 2 aliphatic heterocycles. The Kier molecular flexibility index (Phi) is 6.29. The third kappa shape index (κ3) is 4.50. The molecule has 19 heavy (non-hydrogen) atoms. The molecule has 2 unspecified atom stereocenters. The number of nitrogens with one attached hydrogen (secondary N) is 1. The third-order valence-electron chi connectivity index (χ3n) is 3.53. The predicted molar refractivity (Wildman–Crippen MR) is 83.9 cm³/mol. The van der Waals surface area contributed by atoms with Crippen molar-refractivity contribution in [3.63, 3.8) is 0 Å². The van der Waals surface area contributed by atoms with Crippen molar-refractivity contribution in [2.24, 2.45) is 5.73 Å². The lowest BCUT2D eigenvalue weighted by Crippen LogP contribution is -2.52. The second-order valence-corrected chi connectivity index (χ2v) is 9.18. The van der Waals surface area contributed by atoms with Crippen molar-refractivity contribution in [1.29, 1.82) is 0 Å². The van der Waals surface area contributed by atoms with E-state index in [0.29, 0.717) is 24.9 Å². The van der Waals surface area contributed by atoms with Gasteiger partial charge in [-0.2, -0.15) is 36.2 Å². The highest BCUT2D eigenvalue weighted by Gasteiger charge is 2.31. The molecule has 2 atom stereocenters.